The fraction of sp³-hybridized carbons (Fsp3) is 0.294. The van der Waals surface area contributed by atoms with E-state index in [4.69, 9.17) is 23.2 Å². The first kappa shape index (κ1) is 14.7. The molecule has 0 radical (unpaired) electrons. The minimum Gasteiger partial charge on any atom is -0.373 e. The molecule has 1 aliphatic heterocycles. The molecule has 2 aromatic rings. The average Bonchev–Trinajstić information content (AvgIpc) is 2.61. The zero-order valence-electron chi connectivity index (χ0n) is 11.9. The number of fused-ring (bicyclic) bond motifs is 1. The quantitative estimate of drug-likeness (QED) is 0.894. The van der Waals surface area contributed by atoms with Gasteiger partial charge >= 0.3 is 0 Å². The molecule has 0 saturated carbocycles. The van der Waals surface area contributed by atoms with Crippen LogP contribution in [0.1, 0.15) is 11.1 Å². The van der Waals surface area contributed by atoms with Crippen molar-refractivity contribution in [2.45, 2.75) is 19.0 Å². The lowest BCUT2D eigenvalue weighted by molar-refractivity contribution is 0.521. The van der Waals surface area contributed by atoms with E-state index in [1.165, 1.54) is 16.8 Å². The summed E-state index contributed by atoms with van der Waals surface area (Å²) in [7, 11) is 2.13. The van der Waals surface area contributed by atoms with E-state index in [9.17, 15) is 0 Å². The van der Waals surface area contributed by atoms with Crippen molar-refractivity contribution in [2.75, 3.05) is 18.5 Å². The second-order valence-corrected chi connectivity index (χ2v) is 6.43. The molecule has 3 rings (SSSR count). The van der Waals surface area contributed by atoms with Gasteiger partial charge < -0.3 is 10.2 Å². The average molecular weight is 321 g/mol. The van der Waals surface area contributed by atoms with Gasteiger partial charge in [-0.2, -0.15) is 0 Å². The first-order valence-electron chi connectivity index (χ1n) is 7.09. The van der Waals surface area contributed by atoms with Gasteiger partial charge in [0.05, 0.1) is 0 Å². The van der Waals surface area contributed by atoms with Crippen LogP contribution in [0.25, 0.3) is 0 Å². The molecule has 4 heteroatoms. The number of rotatable bonds is 2. The Kier molecular flexibility index (Phi) is 4.39. The van der Waals surface area contributed by atoms with Gasteiger partial charge in [0.15, 0.2) is 0 Å². The first-order valence-corrected chi connectivity index (χ1v) is 7.85. The minimum absolute atomic E-state index is 0.405. The number of likely N-dealkylation sites (N-methyl/N-ethyl adjacent to an activating group) is 1. The third-order valence-electron chi connectivity index (χ3n) is 3.92. The Hall–Kier alpha value is -1.22. The van der Waals surface area contributed by atoms with E-state index in [1.54, 1.807) is 0 Å². The summed E-state index contributed by atoms with van der Waals surface area (Å²) >= 11 is 12.0. The molecule has 1 atom stereocenters. The van der Waals surface area contributed by atoms with Crippen molar-refractivity contribution in [3.8, 4) is 0 Å². The third kappa shape index (κ3) is 3.52. The van der Waals surface area contributed by atoms with Gasteiger partial charge in [-0.1, -0.05) is 35.3 Å². The molecule has 0 aliphatic carbocycles. The van der Waals surface area contributed by atoms with Crippen LogP contribution >= 0.6 is 23.2 Å². The second kappa shape index (κ2) is 6.27. The van der Waals surface area contributed by atoms with Crippen molar-refractivity contribution in [1.29, 1.82) is 0 Å². The summed E-state index contributed by atoms with van der Waals surface area (Å²) < 4.78 is 0. The molecule has 1 unspecified atom stereocenters. The van der Waals surface area contributed by atoms with E-state index >= 15 is 0 Å². The maximum atomic E-state index is 6.10. The van der Waals surface area contributed by atoms with E-state index < -0.39 is 0 Å². The van der Waals surface area contributed by atoms with Gasteiger partial charge in [0.25, 0.3) is 0 Å². The standard InChI is InChI=1S/C17H18Cl2N2/c1-21-11-16(8-12-2-4-14(18)5-3-12)20-10-13-9-15(19)6-7-17(13)21/h2-7,9,16,20H,8,10-11H2,1H3. The molecule has 0 fully saturated rings. The van der Waals surface area contributed by atoms with Gasteiger partial charge in [-0.05, 0) is 47.9 Å². The Balaban J connectivity index is 1.75. The smallest absolute Gasteiger partial charge is 0.0410 e. The SMILES string of the molecule is CN1CC(Cc2ccc(Cl)cc2)NCc2cc(Cl)ccc21. The Morgan fingerprint density at radius 2 is 1.81 bits per heavy atom. The van der Waals surface area contributed by atoms with Gasteiger partial charge in [0.2, 0.25) is 0 Å². The van der Waals surface area contributed by atoms with Crippen LogP contribution in [0.2, 0.25) is 10.0 Å². The van der Waals surface area contributed by atoms with Crippen LogP contribution in [0.4, 0.5) is 5.69 Å². The van der Waals surface area contributed by atoms with Gasteiger partial charge in [-0.25, -0.2) is 0 Å². The van der Waals surface area contributed by atoms with Crippen molar-refractivity contribution in [2.24, 2.45) is 0 Å². The Labute approximate surface area is 135 Å². The Morgan fingerprint density at radius 3 is 2.57 bits per heavy atom. The molecule has 0 spiro atoms. The molecule has 0 saturated heterocycles. The zero-order chi connectivity index (χ0) is 14.8. The molecule has 110 valence electrons. The maximum absolute atomic E-state index is 6.10. The lowest BCUT2D eigenvalue weighted by atomic mass is 10.1. The number of anilines is 1. The summed E-state index contributed by atoms with van der Waals surface area (Å²) in [6, 6.07) is 14.6. The fourth-order valence-corrected chi connectivity index (χ4v) is 3.18. The maximum Gasteiger partial charge on any atom is 0.0410 e. The van der Waals surface area contributed by atoms with Crippen molar-refractivity contribution in [3.05, 3.63) is 63.6 Å². The number of hydrogen-bond donors (Lipinski definition) is 1. The largest absolute Gasteiger partial charge is 0.373 e. The van der Waals surface area contributed by atoms with Gasteiger partial charge in [0, 0.05) is 41.9 Å². The molecule has 0 aromatic heterocycles. The highest BCUT2D eigenvalue weighted by molar-refractivity contribution is 6.30. The normalized spacial score (nSPS) is 18.2. The summed E-state index contributed by atoms with van der Waals surface area (Å²) in [6.07, 6.45) is 0.989. The van der Waals surface area contributed by atoms with E-state index in [0.717, 1.165) is 29.6 Å². The van der Waals surface area contributed by atoms with Crippen LogP contribution in [0.5, 0.6) is 0 Å². The van der Waals surface area contributed by atoms with Crippen LogP contribution in [0, 0.1) is 0 Å². The van der Waals surface area contributed by atoms with Gasteiger partial charge in [0.1, 0.15) is 0 Å². The molecule has 2 aromatic carbocycles. The molecule has 0 bridgehead atoms. The molecule has 1 N–H and O–H groups in total. The monoisotopic (exact) mass is 320 g/mol. The summed E-state index contributed by atoms with van der Waals surface area (Å²) in [6.45, 7) is 1.82. The molecule has 1 heterocycles. The third-order valence-corrected chi connectivity index (χ3v) is 4.41. The predicted molar refractivity (Wildman–Crippen MR) is 90.5 cm³/mol. The van der Waals surface area contributed by atoms with Crippen molar-refractivity contribution < 1.29 is 0 Å². The van der Waals surface area contributed by atoms with Crippen LogP contribution < -0.4 is 10.2 Å². The second-order valence-electron chi connectivity index (χ2n) is 5.56. The minimum atomic E-state index is 0.405. The number of nitrogens with zero attached hydrogens (tertiary/aromatic N) is 1. The molecule has 1 aliphatic rings. The molecule has 0 amide bonds. The number of nitrogens with one attached hydrogen (secondary N) is 1. The van der Waals surface area contributed by atoms with Crippen LogP contribution in [0.3, 0.4) is 0 Å². The van der Waals surface area contributed by atoms with Crippen LogP contribution in [0.15, 0.2) is 42.5 Å². The summed E-state index contributed by atoms with van der Waals surface area (Å²) in [5, 5.41) is 5.20. The fourth-order valence-electron chi connectivity index (χ4n) is 2.86. The lowest BCUT2D eigenvalue weighted by Crippen LogP contribution is -2.38. The van der Waals surface area contributed by atoms with E-state index in [0.29, 0.717) is 6.04 Å². The Bertz CT molecular complexity index is 625. The predicted octanol–water partition coefficient (Wildman–Crippen LogP) is 4.14. The molecular formula is C17H18Cl2N2. The summed E-state index contributed by atoms with van der Waals surface area (Å²) in [5.74, 6) is 0. The van der Waals surface area contributed by atoms with Crippen LogP contribution in [-0.2, 0) is 13.0 Å². The first-order chi connectivity index (χ1) is 10.1. The topological polar surface area (TPSA) is 15.3 Å². The van der Waals surface area contributed by atoms with Crippen molar-refractivity contribution >= 4 is 28.9 Å². The Morgan fingerprint density at radius 1 is 1.10 bits per heavy atom. The van der Waals surface area contributed by atoms with Gasteiger partial charge in [-0.15, -0.1) is 0 Å². The highest BCUT2D eigenvalue weighted by atomic mass is 35.5. The molecule has 2 nitrogen and oxygen atoms in total. The van der Waals surface area contributed by atoms with E-state index in [1.807, 2.05) is 24.3 Å². The van der Waals surface area contributed by atoms with E-state index in [-0.39, 0.29) is 0 Å². The summed E-state index contributed by atoms with van der Waals surface area (Å²) in [5.41, 5.74) is 3.81. The zero-order valence-corrected chi connectivity index (χ0v) is 13.5. The van der Waals surface area contributed by atoms with E-state index in [2.05, 4.69) is 35.5 Å². The van der Waals surface area contributed by atoms with Crippen molar-refractivity contribution in [1.82, 2.24) is 5.32 Å². The molecule has 21 heavy (non-hydrogen) atoms. The number of benzene rings is 2. The lowest BCUT2D eigenvalue weighted by Gasteiger charge is -2.23. The van der Waals surface area contributed by atoms with Crippen LogP contribution in [-0.4, -0.2) is 19.6 Å². The summed E-state index contributed by atoms with van der Waals surface area (Å²) in [4.78, 5) is 2.30. The highest BCUT2D eigenvalue weighted by Crippen LogP contribution is 2.26. The number of halogens is 2. The van der Waals surface area contributed by atoms with Crippen molar-refractivity contribution in [3.63, 3.8) is 0 Å². The molecular weight excluding hydrogens is 303 g/mol. The highest BCUT2D eigenvalue weighted by Gasteiger charge is 2.19. The van der Waals surface area contributed by atoms with Gasteiger partial charge in [-0.3, -0.25) is 0 Å². The number of hydrogen-bond acceptors (Lipinski definition) is 2.